The molecule has 76 valence electrons. The fourth-order valence-electron chi connectivity index (χ4n) is 1.88. The maximum absolute atomic E-state index is 10.8. The summed E-state index contributed by atoms with van der Waals surface area (Å²) >= 11 is 3.19. The lowest BCUT2D eigenvalue weighted by molar-refractivity contribution is 0.111. The van der Waals surface area contributed by atoms with Gasteiger partial charge in [-0.1, -0.05) is 5.16 Å². The van der Waals surface area contributed by atoms with Crippen LogP contribution in [0.25, 0.3) is 0 Å². The molecule has 0 amide bonds. The van der Waals surface area contributed by atoms with Crippen molar-refractivity contribution in [1.82, 2.24) is 10.1 Å². The molecule has 4 nitrogen and oxygen atoms in total. The minimum Gasteiger partial charge on any atom is -0.358 e. The molecule has 0 bridgehead atoms. The molecule has 0 radical (unpaired) electrons. The highest BCUT2D eigenvalue weighted by Gasteiger charge is 2.29. The molecule has 1 aromatic heterocycles. The van der Waals surface area contributed by atoms with E-state index in [9.17, 15) is 4.79 Å². The fraction of sp³-hybridized carbons (Fsp3) is 0.556. The van der Waals surface area contributed by atoms with Gasteiger partial charge in [-0.2, -0.15) is 0 Å². The van der Waals surface area contributed by atoms with Gasteiger partial charge in [0.15, 0.2) is 16.6 Å². The minimum atomic E-state index is 0.203. The van der Waals surface area contributed by atoms with Crippen LogP contribution in [-0.2, 0) is 0 Å². The third-order valence-electron chi connectivity index (χ3n) is 2.65. The highest BCUT2D eigenvalue weighted by Crippen LogP contribution is 2.34. The van der Waals surface area contributed by atoms with Crippen LogP contribution in [0, 0.1) is 0 Å². The first-order chi connectivity index (χ1) is 6.74. The number of aldehydes is 1. The van der Waals surface area contributed by atoms with E-state index in [0.29, 0.717) is 15.9 Å². The van der Waals surface area contributed by atoms with Crippen LogP contribution in [0.2, 0.25) is 0 Å². The number of hydrogen-bond acceptors (Lipinski definition) is 4. The Morgan fingerprint density at radius 1 is 1.71 bits per heavy atom. The zero-order valence-corrected chi connectivity index (χ0v) is 9.45. The average molecular weight is 259 g/mol. The number of halogens is 1. The van der Waals surface area contributed by atoms with E-state index in [1.165, 1.54) is 0 Å². The van der Waals surface area contributed by atoms with Crippen LogP contribution >= 0.6 is 15.9 Å². The summed E-state index contributed by atoms with van der Waals surface area (Å²) in [6, 6.07) is 0.203. The van der Waals surface area contributed by atoms with Crippen LogP contribution in [0.3, 0.4) is 0 Å². The van der Waals surface area contributed by atoms with E-state index in [1.807, 2.05) is 7.05 Å². The maximum atomic E-state index is 10.8. The van der Waals surface area contributed by atoms with Crippen LogP contribution in [0.1, 0.15) is 35.0 Å². The maximum Gasteiger partial charge on any atom is 0.165 e. The van der Waals surface area contributed by atoms with E-state index in [0.717, 1.165) is 25.7 Å². The van der Waals surface area contributed by atoms with E-state index >= 15 is 0 Å². The van der Waals surface area contributed by atoms with Gasteiger partial charge < -0.3 is 4.52 Å². The molecule has 1 saturated heterocycles. The quantitative estimate of drug-likeness (QED) is 0.762. The molecule has 1 aliphatic heterocycles. The molecular formula is C9H11BrN2O2. The Balaban J connectivity index is 2.35. The van der Waals surface area contributed by atoms with Gasteiger partial charge in [-0.15, -0.1) is 0 Å². The summed E-state index contributed by atoms with van der Waals surface area (Å²) in [4.78, 5) is 13.0. The Bertz CT molecular complexity index is 351. The fourth-order valence-corrected chi connectivity index (χ4v) is 2.24. The van der Waals surface area contributed by atoms with Crippen molar-refractivity contribution in [3.05, 3.63) is 15.9 Å². The molecular weight excluding hydrogens is 248 g/mol. The number of carbonyl (C=O) groups is 1. The molecule has 0 aliphatic carbocycles. The zero-order chi connectivity index (χ0) is 10.1. The van der Waals surface area contributed by atoms with Crippen LogP contribution in [0.15, 0.2) is 9.13 Å². The molecule has 1 unspecified atom stereocenters. The SMILES string of the molecule is CN1CCCC1c1onc(Br)c1C=O. The number of rotatable bonds is 2. The molecule has 0 spiro atoms. The van der Waals surface area contributed by atoms with Crippen LogP contribution in [0.5, 0.6) is 0 Å². The number of likely N-dealkylation sites (tertiary alicyclic amines) is 1. The Morgan fingerprint density at radius 3 is 3.07 bits per heavy atom. The molecule has 0 aromatic carbocycles. The lowest BCUT2D eigenvalue weighted by atomic mass is 10.1. The van der Waals surface area contributed by atoms with Crippen molar-refractivity contribution in [3.63, 3.8) is 0 Å². The monoisotopic (exact) mass is 258 g/mol. The van der Waals surface area contributed by atoms with Crippen LogP contribution < -0.4 is 0 Å². The number of aromatic nitrogens is 1. The normalized spacial score (nSPS) is 22.9. The van der Waals surface area contributed by atoms with Gasteiger partial charge in [-0.05, 0) is 42.4 Å². The Hall–Kier alpha value is -0.680. The lowest BCUT2D eigenvalue weighted by Crippen LogP contribution is -2.17. The van der Waals surface area contributed by atoms with Crippen molar-refractivity contribution in [2.24, 2.45) is 0 Å². The van der Waals surface area contributed by atoms with E-state index in [4.69, 9.17) is 4.52 Å². The van der Waals surface area contributed by atoms with Gasteiger partial charge in [-0.3, -0.25) is 9.69 Å². The molecule has 1 atom stereocenters. The first-order valence-corrected chi connectivity index (χ1v) is 5.34. The summed E-state index contributed by atoms with van der Waals surface area (Å²) < 4.78 is 5.67. The van der Waals surface area contributed by atoms with Crippen molar-refractivity contribution >= 4 is 22.2 Å². The van der Waals surface area contributed by atoms with E-state index in [1.54, 1.807) is 0 Å². The summed E-state index contributed by atoms with van der Waals surface area (Å²) in [6.45, 7) is 1.04. The van der Waals surface area contributed by atoms with Crippen molar-refractivity contribution in [3.8, 4) is 0 Å². The number of carbonyl (C=O) groups excluding carboxylic acids is 1. The lowest BCUT2D eigenvalue weighted by Gasteiger charge is -2.16. The smallest absolute Gasteiger partial charge is 0.165 e. The van der Waals surface area contributed by atoms with Crippen LogP contribution in [0.4, 0.5) is 0 Å². The first kappa shape index (κ1) is 9.86. The molecule has 5 heteroatoms. The molecule has 2 heterocycles. The Morgan fingerprint density at radius 2 is 2.50 bits per heavy atom. The van der Waals surface area contributed by atoms with Crippen molar-refractivity contribution in [2.45, 2.75) is 18.9 Å². The molecule has 1 aliphatic rings. The molecule has 0 saturated carbocycles. The van der Waals surface area contributed by atoms with Gasteiger partial charge in [0.1, 0.15) is 0 Å². The van der Waals surface area contributed by atoms with Crippen molar-refractivity contribution in [2.75, 3.05) is 13.6 Å². The highest BCUT2D eigenvalue weighted by molar-refractivity contribution is 9.10. The summed E-state index contributed by atoms with van der Waals surface area (Å²) in [6.07, 6.45) is 2.96. The van der Waals surface area contributed by atoms with Gasteiger partial charge in [0.2, 0.25) is 0 Å². The average Bonchev–Trinajstić information content (AvgIpc) is 2.71. The van der Waals surface area contributed by atoms with E-state index in [2.05, 4.69) is 26.0 Å². The highest BCUT2D eigenvalue weighted by atomic mass is 79.9. The minimum absolute atomic E-state index is 0.203. The predicted molar refractivity (Wildman–Crippen MR) is 54.2 cm³/mol. The molecule has 1 fully saturated rings. The zero-order valence-electron chi connectivity index (χ0n) is 7.86. The molecule has 0 N–H and O–H groups in total. The summed E-state index contributed by atoms with van der Waals surface area (Å²) in [5, 5.41) is 3.75. The molecule has 1 aromatic rings. The summed E-state index contributed by atoms with van der Waals surface area (Å²) in [7, 11) is 2.03. The molecule has 2 rings (SSSR count). The van der Waals surface area contributed by atoms with Gasteiger partial charge in [0.05, 0.1) is 11.6 Å². The third-order valence-corrected chi connectivity index (χ3v) is 3.22. The van der Waals surface area contributed by atoms with Gasteiger partial charge in [-0.25, -0.2) is 0 Å². The second kappa shape index (κ2) is 3.82. The second-order valence-corrected chi connectivity index (χ2v) is 4.26. The largest absolute Gasteiger partial charge is 0.358 e. The van der Waals surface area contributed by atoms with Gasteiger partial charge >= 0.3 is 0 Å². The Kier molecular flexibility index (Phi) is 2.69. The van der Waals surface area contributed by atoms with Gasteiger partial charge in [0.25, 0.3) is 0 Å². The van der Waals surface area contributed by atoms with Crippen molar-refractivity contribution < 1.29 is 9.32 Å². The number of nitrogens with zero attached hydrogens (tertiary/aromatic N) is 2. The van der Waals surface area contributed by atoms with E-state index in [-0.39, 0.29) is 6.04 Å². The predicted octanol–water partition coefficient (Wildman–Crippen LogP) is 2.02. The van der Waals surface area contributed by atoms with Crippen LogP contribution in [-0.4, -0.2) is 29.9 Å². The van der Waals surface area contributed by atoms with Crippen molar-refractivity contribution in [1.29, 1.82) is 0 Å². The standard InChI is InChI=1S/C9H11BrN2O2/c1-12-4-2-3-7(12)8-6(5-13)9(10)11-14-8/h5,7H,2-4H2,1H3. The van der Waals surface area contributed by atoms with Gasteiger partial charge in [0, 0.05) is 0 Å². The number of hydrogen-bond donors (Lipinski definition) is 0. The molecule has 14 heavy (non-hydrogen) atoms. The first-order valence-electron chi connectivity index (χ1n) is 4.54. The third kappa shape index (κ3) is 1.50. The second-order valence-electron chi connectivity index (χ2n) is 3.51. The Labute approximate surface area is 90.4 Å². The summed E-state index contributed by atoms with van der Waals surface area (Å²) in [5.41, 5.74) is 0.545. The van der Waals surface area contributed by atoms with E-state index < -0.39 is 0 Å². The topological polar surface area (TPSA) is 46.3 Å². The summed E-state index contributed by atoms with van der Waals surface area (Å²) in [5.74, 6) is 0.687.